The topological polar surface area (TPSA) is 29.5 Å². The minimum absolute atomic E-state index is 0.100. The number of halogens is 1. The predicted octanol–water partition coefficient (Wildman–Crippen LogP) is 2.93. The molecule has 0 saturated carbocycles. The largest absolute Gasteiger partial charge is 0.371 e. The molecule has 2 heterocycles. The van der Waals surface area contributed by atoms with Crippen LogP contribution in [0.3, 0.4) is 0 Å². The van der Waals surface area contributed by atoms with E-state index in [0.717, 1.165) is 16.6 Å². The van der Waals surface area contributed by atoms with Crippen molar-refractivity contribution in [2.75, 3.05) is 18.4 Å². The monoisotopic (exact) mass is 331 g/mol. The first-order valence-electron chi connectivity index (χ1n) is 6.23. The zero-order chi connectivity index (χ0) is 13.1. The maximum atomic E-state index is 12.4. The minimum atomic E-state index is 0.100. The van der Waals surface area contributed by atoms with Crippen LogP contribution in [-0.4, -0.2) is 41.4 Å². The standard InChI is InChI=1S/C13H18BrNO2S/c1-3-11-4-5-12(18-11)13(16)15-7-9(2)17-10(6-14)8-15/h4-5,9-10H,3,6-8H2,1-2H3. The lowest BCUT2D eigenvalue weighted by atomic mass is 10.2. The molecule has 1 aromatic rings. The van der Waals surface area contributed by atoms with Gasteiger partial charge < -0.3 is 9.64 Å². The molecule has 0 bridgehead atoms. The van der Waals surface area contributed by atoms with Crippen molar-refractivity contribution in [1.82, 2.24) is 4.90 Å². The smallest absolute Gasteiger partial charge is 0.264 e. The lowest BCUT2D eigenvalue weighted by Gasteiger charge is -2.35. The lowest BCUT2D eigenvalue weighted by Crippen LogP contribution is -2.49. The van der Waals surface area contributed by atoms with Crippen molar-refractivity contribution < 1.29 is 9.53 Å². The quantitative estimate of drug-likeness (QED) is 0.797. The molecule has 1 aliphatic heterocycles. The highest BCUT2D eigenvalue weighted by molar-refractivity contribution is 9.09. The lowest BCUT2D eigenvalue weighted by molar-refractivity contribution is -0.0558. The van der Waals surface area contributed by atoms with E-state index in [1.165, 1.54) is 4.88 Å². The summed E-state index contributed by atoms with van der Waals surface area (Å²) >= 11 is 5.03. The normalized spacial score (nSPS) is 24.3. The van der Waals surface area contributed by atoms with Crippen molar-refractivity contribution >= 4 is 33.2 Å². The first kappa shape index (κ1) is 14.0. The highest BCUT2D eigenvalue weighted by Gasteiger charge is 2.28. The van der Waals surface area contributed by atoms with Crippen molar-refractivity contribution in [1.29, 1.82) is 0 Å². The predicted molar refractivity (Wildman–Crippen MR) is 77.7 cm³/mol. The summed E-state index contributed by atoms with van der Waals surface area (Å²) in [5, 5.41) is 0.770. The second-order valence-corrected chi connectivity index (χ2v) is 6.37. The zero-order valence-electron chi connectivity index (χ0n) is 10.7. The summed E-state index contributed by atoms with van der Waals surface area (Å²) in [7, 11) is 0. The van der Waals surface area contributed by atoms with E-state index in [-0.39, 0.29) is 18.1 Å². The van der Waals surface area contributed by atoms with Gasteiger partial charge in [0.15, 0.2) is 0 Å². The van der Waals surface area contributed by atoms with Gasteiger partial charge in [0, 0.05) is 23.3 Å². The Bertz CT molecular complexity index is 421. The molecular formula is C13H18BrNO2S. The second-order valence-electron chi connectivity index (χ2n) is 4.55. The number of nitrogens with zero attached hydrogens (tertiary/aromatic N) is 1. The van der Waals surface area contributed by atoms with E-state index in [2.05, 4.69) is 22.9 Å². The Kier molecular flexibility index (Phi) is 4.81. The number of carbonyl (C=O) groups is 1. The summed E-state index contributed by atoms with van der Waals surface area (Å²) in [6, 6.07) is 3.98. The fraction of sp³-hybridized carbons (Fsp3) is 0.615. The van der Waals surface area contributed by atoms with E-state index in [0.29, 0.717) is 13.1 Å². The van der Waals surface area contributed by atoms with Crippen LogP contribution in [0.1, 0.15) is 28.4 Å². The van der Waals surface area contributed by atoms with Crippen molar-refractivity contribution in [2.24, 2.45) is 0 Å². The fourth-order valence-electron chi connectivity index (χ4n) is 2.14. The number of alkyl halides is 1. The summed E-state index contributed by atoms with van der Waals surface area (Å²) in [6.45, 7) is 5.48. The molecule has 0 radical (unpaired) electrons. The number of hydrogen-bond acceptors (Lipinski definition) is 3. The molecule has 0 aromatic carbocycles. The molecule has 1 fully saturated rings. The number of rotatable bonds is 3. The number of aryl methyl sites for hydroxylation is 1. The average molecular weight is 332 g/mol. The van der Waals surface area contributed by atoms with Gasteiger partial charge in [-0.15, -0.1) is 11.3 Å². The molecule has 100 valence electrons. The molecule has 1 aromatic heterocycles. The maximum absolute atomic E-state index is 12.4. The van der Waals surface area contributed by atoms with E-state index in [9.17, 15) is 4.79 Å². The van der Waals surface area contributed by atoms with Crippen molar-refractivity contribution in [3.63, 3.8) is 0 Å². The zero-order valence-corrected chi connectivity index (χ0v) is 13.1. The van der Waals surface area contributed by atoms with Crippen LogP contribution in [0.25, 0.3) is 0 Å². The maximum Gasteiger partial charge on any atom is 0.264 e. The van der Waals surface area contributed by atoms with E-state index in [4.69, 9.17) is 4.74 Å². The minimum Gasteiger partial charge on any atom is -0.371 e. The first-order chi connectivity index (χ1) is 8.63. The second kappa shape index (κ2) is 6.17. The number of amides is 1. The Morgan fingerprint density at radius 3 is 2.94 bits per heavy atom. The Morgan fingerprint density at radius 1 is 1.56 bits per heavy atom. The molecule has 2 rings (SSSR count). The average Bonchev–Trinajstić information content (AvgIpc) is 2.85. The van der Waals surface area contributed by atoms with Gasteiger partial charge in [-0.05, 0) is 25.5 Å². The summed E-state index contributed by atoms with van der Waals surface area (Å²) < 4.78 is 5.74. The Balaban J connectivity index is 2.07. The van der Waals surface area contributed by atoms with Gasteiger partial charge in [0.05, 0.1) is 17.1 Å². The van der Waals surface area contributed by atoms with Gasteiger partial charge in [0.2, 0.25) is 0 Å². The van der Waals surface area contributed by atoms with E-state index >= 15 is 0 Å². The molecule has 1 aliphatic rings. The molecule has 0 aliphatic carbocycles. The number of morpholine rings is 1. The molecule has 2 atom stereocenters. The molecule has 1 amide bonds. The van der Waals surface area contributed by atoms with Gasteiger partial charge in [-0.1, -0.05) is 22.9 Å². The van der Waals surface area contributed by atoms with Crippen LogP contribution in [-0.2, 0) is 11.2 Å². The Labute approximate surface area is 120 Å². The Morgan fingerprint density at radius 2 is 2.33 bits per heavy atom. The third-order valence-electron chi connectivity index (χ3n) is 3.01. The van der Waals surface area contributed by atoms with Crippen molar-refractivity contribution in [3.8, 4) is 0 Å². The van der Waals surface area contributed by atoms with E-state index in [1.54, 1.807) is 11.3 Å². The molecule has 0 spiro atoms. The van der Waals surface area contributed by atoms with E-state index < -0.39 is 0 Å². The van der Waals surface area contributed by atoms with Crippen molar-refractivity contribution in [3.05, 3.63) is 21.9 Å². The fourth-order valence-corrected chi connectivity index (χ4v) is 3.41. The summed E-state index contributed by atoms with van der Waals surface area (Å²) in [5.41, 5.74) is 0. The number of hydrogen-bond donors (Lipinski definition) is 0. The molecule has 3 nitrogen and oxygen atoms in total. The van der Waals surface area contributed by atoms with Crippen molar-refractivity contribution in [2.45, 2.75) is 32.5 Å². The number of ether oxygens (including phenoxy) is 1. The highest BCUT2D eigenvalue weighted by atomic mass is 79.9. The molecule has 5 heteroatoms. The van der Waals surface area contributed by atoms with Gasteiger partial charge in [-0.3, -0.25) is 4.79 Å². The third-order valence-corrected chi connectivity index (χ3v) is 4.95. The van der Waals surface area contributed by atoms with Crippen LogP contribution in [0.2, 0.25) is 0 Å². The van der Waals surface area contributed by atoms with Gasteiger partial charge in [0.25, 0.3) is 5.91 Å². The molecule has 2 unspecified atom stereocenters. The molecular weight excluding hydrogens is 314 g/mol. The van der Waals surface area contributed by atoms with Gasteiger partial charge in [-0.2, -0.15) is 0 Å². The SMILES string of the molecule is CCc1ccc(C(=O)N2CC(C)OC(CBr)C2)s1. The van der Waals surface area contributed by atoms with Crippen LogP contribution in [0.4, 0.5) is 0 Å². The van der Waals surface area contributed by atoms with E-state index in [1.807, 2.05) is 24.0 Å². The van der Waals surface area contributed by atoms with Crippen LogP contribution < -0.4 is 0 Å². The number of carbonyl (C=O) groups excluding carboxylic acids is 1. The molecule has 18 heavy (non-hydrogen) atoms. The summed E-state index contributed by atoms with van der Waals surface area (Å²) in [4.78, 5) is 16.4. The first-order valence-corrected chi connectivity index (χ1v) is 8.17. The highest BCUT2D eigenvalue weighted by Crippen LogP contribution is 2.21. The summed E-state index contributed by atoms with van der Waals surface area (Å²) in [6.07, 6.45) is 1.20. The summed E-state index contributed by atoms with van der Waals surface area (Å²) in [5.74, 6) is 0.140. The Hall–Kier alpha value is -0.390. The van der Waals surface area contributed by atoms with Gasteiger partial charge in [-0.25, -0.2) is 0 Å². The third kappa shape index (κ3) is 3.13. The van der Waals surface area contributed by atoms with Crippen LogP contribution in [0.5, 0.6) is 0 Å². The molecule has 0 N–H and O–H groups in total. The molecule has 1 saturated heterocycles. The van der Waals surface area contributed by atoms with Crippen LogP contribution in [0, 0.1) is 0 Å². The van der Waals surface area contributed by atoms with Crippen LogP contribution >= 0.6 is 27.3 Å². The number of thiophene rings is 1. The van der Waals surface area contributed by atoms with Gasteiger partial charge >= 0.3 is 0 Å². The van der Waals surface area contributed by atoms with Gasteiger partial charge in [0.1, 0.15) is 0 Å². The van der Waals surface area contributed by atoms with Crippen LogP contribution in [0.15, 0.2) is 12.1 Å².